The van der Waals surface area contributed by atoms with E-state index in [1.165, 1.54) is 18.2 Å². The summed E-state index contributed by atoms with van der Waals surface area (Å²) in [5, 5.41) is 10.4. The Bertz CT molecular complexity index is 555. The van der Waals surface area contributed by atoms with Crippen LogP contribution in [0.4, 0.5) is 11.4 Å². The van der Waals surface area contributed by atoms with Crippen molar-refractivity contribution in [2.75, 3.05) is 10.8 Å². The number of nitro benzene ring substituents is 1. The van der Waals surface area contributed by atoms with E-state index in [9.17, 15) is 18.5 Å². The van der Waals surface area contributed by atoms with E-state index >= 15 is 0 Å². The lowest BCUT2D eigenvalue weighted by atomic mass is 10.2. The van der Waals surface area contributed by atoms with Gasteiger partial charge in [0.15, 0.2) is 0 Å². The summed E-state index contributed by atoms with van der Waals surface area (Å²) < 4.78 is 25.7. The van der Waals surface area contributed by atoms with E-state index in [1.54, 1.807) is 19.9 Å². The quantitative estimate of drug-likeness (QED) is 0.594. The van der Waals surface area contributed by atoms with Gasteiger partial charge in [-0.1, -0.05) is 19.1 Å². The zero-order chi connectivity index (χ0) is 14.6. The molecule has 0 aliphatic carbocycles. The van der Waals surface area contributed by atoms with Gasteiger partial charge >= 0.3 is 0 Å². The minimum atomic E-state index is -3.58. The summed E-state index contributed by atoms with van der Waals surface area (Å²) in [7, 11) is -3.58. The second-order valence-electron chi connectivity index (χ2n) is 4.41. The van der Waals surface area contributed by atoms with Gasteiger partial charge in [-0.05, 0) is 26.3 Å². The lowest BCUT2D eigenvalue weighted by molar-refractivity contribution is -0.384. The van der Waals surface area contributed by atoms with E-state index in [2.05, 4.69) is 0 Å². The number of hydrogen-bond acceptors (Lipinski definition) is 4. The first-order valence-electron chi connectivity index (χ1n) is 6.07. The molecule has 0 N–H and O–H groups in total. The van der Waals surface area contributed by atoms with Crippen molar-refractivity contribution in [1.29, 1.82) is 0 Å². The maximum atomic E-state index is 12.3. The van der Waals surface area contributed by atoms with Crippen LogP contribution in [0, 0.1) is 10.1 Å². The zero-order valence-corrected chi connectivity index (χ0v) is 12.1. The summed E-state index contributed by atoms with van der Waals surface area (Å²) in [6, 6.07) is 5.90. The molecule has 0 heterocycles. The van der Waals surface area contributed by atoms with Gasteiger partial charge in [0.05, 0.1) is 10.2 Å². The van der Waals surface area contributed by atoms with Crippen LogP contribution in [-0.4, -0.2) is 25.1 Å². The molecule has 1 rings (SSSR count). The van der Waals surface area contributed by atoms with Gasteiger partial charge in [0.1, 0.15) is 5.69 Å². The Kier molecular flexibility index (Phi) is 4.88. The van der Waals surface area contributed by atoms with E-state index in [4.69, 9.17) is 0 Å². The fourth-order valence-electron chi connectivity index (χ4n) is 1.67. The molecule has 7 heteroatoms. The highest BCUT2D eigenvalue weighted by Crippen LogP contribution is 2.30. The Morgan fingerprint density at radius 3 is 2.37 bits per heavy atom. The Balaban J connectivity index is 3.40. The average molecular weight is 286 g/mol. The number of rotatable bonds is 6. The van der Waals surface area contributed by atoms with Crippen molar-refractivity contribution < 1.29 is 13.3 Å². The van der Waals surface area contributed by atoms with Crippen LogP contribution in [0.2, 0.25) is 0 Å². The smallest absolute Gasteiger partial charge is 0.263 e. The van der Waals surface area contributed by atoms with Crippen molar-refractivity contribution in [3.05, 3.63) is 34.4 Å². The molecule has 0 radical (unpaired) electrons. The second kappa shape index (κ2) is 6.01. The molecule has 106 valence electrons. The molecule has 0 bridgehead atoms. The van der Waals surface area contributed by atoms with Crippen LogP contribution in [0.15, 0.2) is 24.3 Å². The SMILES string of the molecule is CCCN(c1ccccc1[N+](=O)[O-])S(=O)(=O)C(C)C. The molecule has 0 unspecified atom stereocenters. The van der Waals surface area contributed by atoms with Gasteiger partial charge in [0.2, 0.25) is 10.0 Å². The largest absolute Gasteiger partial charge is 0.293 e. The highest BCUT2D eigenvalue weighted by Gasteiger charge is 2.30. The van der Waals surface area contributed by atoms with Gasteiger partial charge in [0.25, 0.3) is 5.69 Å². The van der Waals surface area contributed by atoms with Crippen LogP contribution in [0.5, 0.6) is 0 Å². The highest BCUT2D eigenvalue weighted by molar-refractivity contribution is 7.93. The third-order valence-electron chi connectivity index (χ3n) is 2.68. The van der Waals surface area contributed by atoms with Crippen molar-refractivity contribution >= 4 is 21.4 Å². The van der Waals surface area contributed by atoms with E-state index in [0.29, 0.717) is 6.42 Å². The monoisotopic (exact) mass is 286 g/mol. The maximum Gasteiger partial charge on any atom is 0.293 e. The molecule has 19 heavy (non-hydrogen) atoms. The minimum absolute atomic E-state index is 0.128. The lowest BCUT2D eigenvalue weighted by Crippen LogP contribution is -2.37. The molecule has 1 aromatic carbocycles. The molecule has 0 aliphatic heterocycles. The Morgan fingerprint density at radius 1 is 1.32 bits per heavy atom. The zero-order valence-electron chi connectivity index (χ0n) is 11.2. The van der Waals surface area contributed by atoms with Gasteiger partial charge in [0, 0.05) is 12.6 Å². The second-order valence-corrected chi connectivity index (χ2v) is 6.83. The lowest BCUT2D eigenvalue weighted by Gasteiger charge is -2.25. The molecule has 0 amide bonds. The summed E-state index contributed by atoms with van der Waals surface area (Å²) in [5.74, 6) is 0. The van der Waals surface area contributed by atoms with Gasteiger partial charge in [-0.3, -0.25) is 14.4 Å². The molecule has 1 aromatic rings. The van der Waals surface area contributed by atoms with Crippen LogP contribution < -0.4 is 4.31 Å². The average Bonchev–Trinajstić information content (AvgIpc) is 2.35. The van der Waals surface area contributed by atoms with Crippen LogP contribution in [0.25, 0.3) is 0 Å². The number of benzene rings is 1. The van der Waals surface area contributed by atoms with Crippen molar-refractivity contribution in [3.8, 4) is 0 Å². The highest BCUT2D eigenvalue weighted by atomic mass is 32.2. The third-order valence-corrected chi connectivity index (χ3v) is 4.86. The molecule has 6 nitrogen and oxygen atoms in total. The molecule has 0 saturated carbocycles. The molecule has 0 aromatic heterocycles. The van der Waals surface area contributed by atoms with Crippen LogP contribution in [0.3, 0.4) is 0 Å². The number of sulfonamides is 1. The van der Waals surface area contributed by atoms with Crippen LogP contribution in [-0.2, 0) is 10.0 Å². The third kappa shape index (κ3) is 3.23. The number of nitrogens with zero attached hydrogens (tertiary/aromatic N) is 2. The predicted molar refractivity (Wildman–Crippen MR) is 74.8 cm³/mol. The first kappa shape index (κ1) is 15.4. The molecular formula is C12H18N2O4S. The number of para-hydroxylation sites is 2. The summed E-state index contributed by atoms with van der Waals surface area (Å²) in [4.78, 5) is 10.4. The summed E-state index contributed by atoms with van der Waals surface area (Å²) >= 11 is 0. The van der Waals surface area contributed by atoms with Gasteiger partial charge in [-0.2, -0.15) is 0 Å². The van der Waals surface area contributed by atoms with E-state index in [1.807, 2.05) is 6.92 Å². The Morgan fingerprint density at radius 2 is 1.89 bits per heavy atom. The van der Waals surface area contributed by atoms with Gasteiger partial charge < -0.3 is 0 Å². The van der Waals surface area contributed by atoms with Crippen LogP contribution >= 0.6 is 0 Å². The minimum Gasteiger partial charge on any atom is -0.263 e. The Hall–Kier alpha value is -1.63. The Labute approximate surface area is 113 Å². The molecule has 0 spiro atoms. The number of hydrogen-bond donors (Lipinski definition) is 0. The summed E-state index contributed by atoms with van der Waals surface area (Å²) in [5.41, 5.74) is -0.0665. The molecule has 0 aliphatic rings. The molecule has 0 atom stereocenters. The standard InChI is InChI=1S/C12H18N2O4S/c1-4-9-13(19(17,18)10(2)3)11-7-5-6-8-12(11)14(15)16/h5-8,10H,4,9H2,1-3H3. The van der Waals surface area contributed by atoms with Crippen molar-refractivity contribution in [2.45, 2.75) is 32.4 Å². The first-order chi connectivity index (χ1) is 8.82. The van der Waals surface area contributed by atoms with Crippen molar-refractivity contribution in [3.63, 3.8) is 0 Å². The number of anilines is 1. The summed E-state index contributed by atoms with van der Waals surface area (Å²) in [6.45, 7) is 5.18. The van der Waals surface area contributed by atoms with Gasteiger partial charge in [-0.15, -0.1) is 0 Å². The maximum absolute atomic E-state index is 12.3. The van der Waals surface area contributed by atoms with Crippen molar-refractivity contribution in [1.82, 2.24) is 0 Å². The van der Waals surface area contributed by atoms with Crippen molar-refractivity contribution in [2.24, 2.45) is 0 Å². The van der Waals surface area contributed by atoms with Gasteiger partial charge in [-0.25, -0.2) is 8.42 Å². The fourth-order valence-corrected chi connectivity index (χ4v) is 3.05. The molecule has 0 fully saturated rings. The van der Waals surface area contributed by atoms with E-state index in [0.717, 1.165) is 4.31 Å². The summed E-state index contributed by atoms with van der Waals surface area (Å²) in [6.07, 6.45) is 0.581. The normalized spacial score (nSPS) is 11.6. The van der Waals surface area contributed by atoms with Crippen LogP contribution in [0.1, 0.15) is 27.2 Å². The predicted octanol–water partition coefficient (Wildman–Crippen LogP) is 2.55. The molecular weight excluding hydrogens is 268 g/mol. The van der Waals surface area contributed by atoms with E-state index < -0.39 is 20.2 Å². The van der Waals surface area contributed by atoms with E-state index in [-0.39, 0.29) is 17.9 Å². The fraction of sp³-hybridized carbons (Fsp3) is 0.500. The molecule has 0 saturated heterocycles. The topological polar surface area (TPSA) is 80.5 Å². The number of nitro groups is 1. The first-order valence-corrected chi connectivity index (χ1v) is 7.57.